The Morgan fingerprint density at radius 1 is 1.55 bits per heavy atom. The first kappa shape index (κ1) is 11.0. The maximum atomic E-state index is 5.25. The Balaban J connectivity index is 2.85. The molecule has 0 heterocycles. The SMILES string of the molecule is C=C(C)CSCCOCCN. The number of nitrogens with two attached hydrogens (primary N) is 1. The van der Waals surface area contributed by atoms with E-state index in [2.05, 4.69) is 6.58 Å². The summed E-state index contributed by atoms with van der Waals surface area (Å²) in [5.74, 6) is 2.07. The van der Waals surface area contributed by atoms with E-state index in [0.29, 0.717) is 13.2 Å². The fourth-order valence-electron chi connectivity index (χ4n) is 0.550. The Labute approximate surface area is 73.2 Å². The van der Waals surface area contributed by atoms with Crippen molar-refractivity contribution in [2.75, 3.05) is 31.3 Å². The van der Waals surface area contributed by atoms with Gasteiger partial charge in [0.25, 0.3) is 0 Å². The van der Waals surface area contributed by atoms with Gasteiger partial charge in [-0.25, -0.2) is 0 Å². The highest BCUT2D eigenvalue weighted by molar-refractivity contribution is 7.99. The van der Waals surface area contributed by atoms with Gasteiger partial charge in [0.05, 0.1) is 13.2 Å². The summed E-state index contributed by atoms with van der Waals surface area (Å²) in [5, 5.41) is 0. The fourth-order valence-corrected chi connectivity index (χ4v) is 1.28. The van der Waals surface area contributed by atoms with Gasteiger partial charge in [0.2, 0.25) is 0 Å². The summed E-state index contributed by atoms with van der Waals surface area (Å²) < 4.78 is 5.19. The van der Waals surface area contributed by atoms with E-state index in [9.17, 15) is 0 Å². The summed E-state index contributed by atoms with van der Waals surface area (Å²) in [5.41, 5.74) is 6.46. The van der Waals surface area contributed by atoms with Crippen LogP contribution in [-0.4, -0.2) is 31.3 Å². The van der Waals surface area contributed by atoms with Crippen LogP contribution >= 0.6 is 11.8 Å². The van der Waals surface area contributed by atoms with Crippen molar-refractivity contribution in [3.05, 3.63) is 12.2 Å². The van der Waals surface area contributed by atoms with Crippen LogP contribution in [0.3, 0.4) is 0 Å². The van der Waals surface area contributed by atoms with Crippen LogP contribution in [0, 0.1) is 0 Å². The van der Waals surface area contributed by atoms with Crippen molar-refractivity contribution in [2.24, 2.45) is 5.73 Å². The van der Waals surface area contributed by atoms with Crippen LogP contribution in [0.5, 0.6) is 0 Å². The molecular formula is C8H17NOS. The normalized spacial score (nSPS) is 10.0. The molecule has 66 valence electrons. The molecule has 0 spiro atoms. The molecule has 0 aliphatic carbocycles. The average Bonchev–Trinajstić information content (AvgIpc) is 1.96. The van der Waals surface area contributed by atoms with Gasteiger partial charge >= 0.3 is 0 Å². The second-order valence-electron chi connectivity index (χ2n) is 2.41. The van der Waals surface area contributed by atoms with E-state index in [-0.39, 0.29) is 0 Å². The molecule has 0 atom stereocenters. The molecule has 0 aromatic heterocycles. The fraction of sp³-hybridized carbons (Fsp3) is 0.750. The van der Waals surface area contributed by atoms with Gasteiger partial charge in [0.15, 0.2) is 0 Å². The molecule has 2 N–H and O–H groups in total. The number of rotatable bonds is 7. The minimum absolute atomic E-state index is 0.616. The van der Waals surface area contributed by atoms with Crippen LogP contribution in [0.4, 0.5) is 0 Å². The highest BCUT2D eigenvalue weighted by Crippen LogP contribution is 2.04. The van der Waals surface area contributed by atoms with Gasteiger partial charge in [-0.15, -0.1) is 0 Å². The number of hydrogen-bond donors (Lipinski definition) is 1. The maximum Gasteiger partial charge on any atom is 0.0589 e. The lowest BCUT2D eigenvalue weighted by molar-refractivity contribution is 0.158. The second-order valence-corrected chi connectivity index (χ2v) is 3.52. The summed E-state index contributed by atoms with van der Waals surface area (Å²) in [4.78, 5) is 0. The molecule has 2 nitrogen and oxygen atoms in total. The summed E-state index contributed by atoms with van der Waals surface area (Å²) in [7, 11) is 0. The third kappa shape index (κ3) is 10.0. The molecule has 0 aliphatic rings. The number of ether oxygens (including phenoxy) is 1. The van der Waals surface area contributed by atoms with Crippen LogP contribution in [-0.2, 0) is 4.74 Å². The lowest BCUT2D eigenvalue weighted by Crippen LogP contribution is -2.09. The number of thioether (sulfide) groups is 1. The first-order valence-electron chi connectivity index (χ1n) is 3.77. The topological polar surface area (TPSA) is 35.2 Å². The van der Waals surface area contributed by atoms with Crippen molar-refractivity contribution < 1.29 is 4.74 Å². The van der Waals surface area contributed by atoms with Gasteiger partial charge in [-0.2, -0.15) is 11.8 Å². The van der Waals surface area contributed by atoms with E-state index in [4.69, 9.17) is 10.5 Å². The highest BCUT2D eigenvalue weighted by Gasteiger charge is 1.89. The minimum atomic E-state index is 0.616. The summed E-state index contributed by atoms with van der Waals surface area (Å²) in [6.45, 7) is 7.93. The Morgan fingerprint density at radius 2 is 2.27 bits per heavy atom. The van der Waals surface area contributed by atoms with Crippen molar-refractivity contribution in [2.45, 2.75) is 6.92 Å². The zero-order chi connectivity index (χ0) is 8.53. The van der Waals surface area contributed by atoms with Gasteiger partial charge in [-0.05, 0) is 6.92 Å². The van der Waals surface area contributed by atoms with E-state index in [1.165, 1.54) is 5.57 Å². The molecule has 0 unspecified atom stereocenters. The third-order valence-corrected chi connectivity index (χ3v) is 2.13. The summed E-state index contributed by atoms with van der Waals surface area (Å²) in [6, 6.07) is 0. The molecule has 0 aromatic carbocycles. The molecule has 0 saturated heterocycles. The van der Waals surface area contributed by atoms with Crippen molar-refractivity contribution in [3.63, 3.8) is 0 Å². The summed E-state index contributed by atoms with van der Waals surface area (Å²) >= 11 is 1.85. The van der Waals surface area contributed by atoms with Gasteiger partial charge in [-0.1, -0.05) is 12.2 Å². The van der Waals surface area contributed by atoms with E-state index in [1.54, 1.807) is 0 Å². The lowest BCUT2D eigenvalue weighted by Gasteiger charge is -2.01. The Morgan fingerprint density at radius 3 is 2.82 bits per heavy atom. The zero-order valence-electron chi connectivity index (χ0n) is 7.14. The summed E-state index contributed by atoms with van der Waals surface area (Å²) in [6.07, 6.45) is 0. The van der Waals surface area contributed by atoms with Gasteiger partial charge in [0.1, 0.15) is 0 Å². The van der Waals surface area contributed by atoms with E-state index in [1.807, 2.05) is 18.7 Å². The van der Waals surface area contributed by atoms with Crippen molar-refractivity contribution in [1.82, 2.24) is 0 Å². The second kappa shape index (κ2) is 8.11. The van der Waals surface area contributed by atoms with Gasteiger partial charge < -0.3 is 10.5 Å². The standard InChI is InChI=1S/C8H17NOS/c1-8(2)7-11-6-5-10-4-3-9/h1,3-7,9H2,2H3. The minimum Gasteiger partial charge on any atom is -0.379 e. The molecule has 0 saturated carbocycles. The molecule has 11 heavy (non-hydrogen) atoms. The first-order valence-corrected chi connectivity index (χ1v) is 4.92. The molecule has 0 amide bonds. The molecule has 0 aromatic rings. The molecule has 0 bridgehead atoms. The largest absolute Gasteiger partial charge is 0.379 e. The molecule has 0 rings (SSSR count). The van der Waals surface area contributed by atoms with Crippen LogP contribution in [0.2, 0.25) is 0 Å². The zero-order valence-corrected chi connectivity index (χ0v) is 7.95. The number of hydrogen-bond acceptors (Lipinski definition) is 3. The molecule has 0 fully saturated rings. The quantitative estimate of drug-likeness (QED) is 0.467. The highest BCUT2D eigenvalue weighted by atomic mass is 32.2. The molecule has 3 heteroatoms. The van der Waals surface area contributed by atoms with Gasteiger partial charge in [0, 0.05) is 18.1 Å². The monoisotopic (exact) mass is 175 g/mol. The molecular weight excluding hydrogens is 158 g/mol. The Kier molecular flexibility index (Phi) is 8.12. The maximum absolute atomic E-state index is 5.25. The van der Waals surface area contributed by atoms with Crippen molar-refractivity contribution in [1.29, 1.82) is 0 Å². The van der Waals surface area contributed by atoms with E-state index < -0.39 is 0 Å². The van der Waals surface area contributed by atoms with Crippen LogP contribution in [0.15, 0.2) is 12.2 Å². The average molecular weight is 175 g/mol. The Hall–Kier alpha value is 0.01000. The molecule has 0 aliphatic heterocycles. The van der Waals surface area contributed by atoms with Gasteiger partial charge in [-0.3, -0.25) is 0 Å². The van der Waals surface area contributed by atoms with Crippen molar-refractivity contribution >= 4 is 11.8 Å². The first-order chi connectivity index (χ1) is 5.27. The van der Waals surface area contributed by atoms with Crippen LogP contribution in [0.1, 0.15) is 6.92 Å². The van der Waals surface area contributed by atoms with Crippen LogP contribution < -0.4 is 5.73 Å². The lowest BCUT2D eigenvalue weighted by atomic mass is 10.4. The Bertz CT molecular complexity index is 106. The molecule has 0 radical (unpaired) electrons. The smallest absolute Gasteiger partial charge is 0.0589 e. The van der Waals surface area contributed by atoms with E-state index in [0.717, 1.165) is 18.1 Å². The predicted molar refractivity (Wildman–Crippen MR) is 52.0 cm³/mol. The van der Waals surface area contributed by atoms with E-state index >= 15 is 0 Å². The van der Waals surface area contributed by atoms with Crippen molar-refractivity contribution in [3.8, 4) is 0 Å². The predicted octanol–water partition coefficient (Wildman–Crippen LogP) is 1.27. The van der Waals surface area contributed by atoms with Crippen LogP contribution in [0.25, 0.3) is 0 Å². The third-order valence-electron chi connectivity index (χ3n) is 0.983.